The predicted molar refractivity (Wildman–Crippen MR) is 116 cm³/mol. The fourth-order valence-corrected chi connectivity index (χ4v) is 4.44. The third-order valence-electron chi connectivity index (χ3n) is 4.68. The SMILES string of the molecule is CS(=O)(=O)c1ccc(-c2cnn(Cc3ccsc3)c(=O)c2-c2ccc(F)cc2)cc1. The highest BCUT2D eigenvalue weighted by atomic mass is 32.2. The molecule has 0 amide bonds. The molecule has 0 unspecified atom stereocenters. The number of rotatable bonds is 5. The Balaban J connectivity index is 1.88. The van der Waals surface area contributed by atoms with Gasteiger partial charge in [0.15, 0.2) is 9.84 Å². The molecule has 0 aliphatic carbocycles. The van der Waals surface area contributed by atoms with Crippen LogP contribution in [0.1, 0.15) is 5.56 Å². The van der Waals surface area contributed by atoms with Crippen molar-refractivity contribution >= 4 is 21.2 Å². The van der Waals surface area contributed by atoms with Crippen LogP contribution < -0.4 is 5.56 Å². The highest BCUT2D eigenvalue weighted by molar-refractivity contribution is 7.90. The number of hydrogen-bond acceptors (Lipinski definition) is 5. The van der Waals surface area contributed by atoms with Gasteiger partial charge in [-0.1, -0.05) is 24.3 Å². The van der Waals surface area contributed by atoms with E-state index in [1.807, 2.05) is 16.8 Å². The highest BCUT2D eigenvalue weighted by Gasteiger charge is 2.16. The molecule has 4 aromatic rings. The van der Waals surface area contributed by atoms with E-state index in [9.17, 15) is 17.6 Å². The summed E-state index contributed by atoms with van der Waals surface area (Å²) in [6.45, 7) is 0.323. The molecule has 0 atom stereocenters. The van der Waals surface area contributed by atoms with Crippen molar-refractivity contribution in [1.82, 2.24) is 9.78 Å². The van der Waals surface area contributed by atoms with Gasteiger partial charge in [-0.05, 0) is 57.8 Å². The zero-order valence-electron chi connectivity index (χ0n) is 15.9. The Morgan fingerprint density at radius 1 is 1.00 bits per heavy atom. The summed E-state index contributed by atoms with van der Waals surface area (Å²) in [5.41, 5.74) is 2.79. The zero-order valence-corrected chi connectivity index (χ0v) is 17.6. The molecule has 5 nitrogen and oxygen atoms in total. The molecule has 0 fully saturated rings. The second-order valence-electron chi connectivity index (χ2n) is 6.83. The predicted octanol–water partition coefficient (Wildman–Crippen LogP) is 4.23. The van der Waals surface area contributed by atoms with Gasteiger partial charge in [0.2, 0.25) is 0 Å². The lowest BCUT2D eigenvalue weighted by molar-refractivity contribution is 0.602. The van der Waals surface area contributed by atoms with Gasteiger partial charge in [0.1, 0.15) is 5.82 Å². The van der Waals surface area contributed by atoms with Crippen molar-refractivity contribution in [2.24, 2.45) is 0 Å². The van der Waals surface area contributed by atoms with Crippen LogP contribution in [-0.2, 0) is 16.4 Å². The van der Waals surface area contributed by atoms with Crippen molar-refractivity contribution in [3.63, 3.8) is 0 Å². The second kappa shape index (κ2) is 7.97. The fourth-order valence-electron chi connectivity index (χ4n) is 3.15. The van der Waals surface area contributed by atoms with Crippen LogP contribution in [-0.4, -0.2) is 24.5 Å². The van der Waals surface area contributed by atoms with E-state index in [1.165, 1.54) is 40.3 Å². The van der Waals surface area contributed by atoms with E-state index >= 15 is 0 Å². The summed E-state index contributed by atoms with van der Waals surface area (Å²) in [7, 11) is -3.33. The molecular weight excluding hydrogens is 423 g/mol. The summed E-state index contributed by atoms with van der Waals surface area (Å²) in [4.78, 5) is 13.5. The molecule has 0 aliphatic heterocycles. The summed E-state index contributed by atoms with van der Waals surface area (Å²) in [6, 6.07) is 13.9. The molecule has 0 N–H and O–H groups in total. The van der Waals surface area contributed by atoms with Gasteiger partial charge in [-0.2, -0.15) is 16.4 Å². The minimum atomic E-state index is -3.33. The van der Waals surface area contributed by atoms with E-state index < -0.39 is 15.7 Å². The normalized spacial score (nSPS) is 11.5. The first-order valence-electron chi connectivity index (χ1n) is 9.00. The minimum absolute atomic E-state index is 0.188. The first-order chi connectivity index (χ1) is 14.3. The molecule has 0 radical (unpaired) electrons. The van der Waals surface area contributed by atoms with Crippen molar-refractivity contribution in [1.29, 1.82) is 0 Å². The van der Waals surface area contributed by atoms with E-state index in [0.29, 0.717) is 28.8 Å². The Labute approximate surface area is 177 Å². The summed E-state index contributed by atoms with van der Waals surface area (Å²) in [6.07, 6.45) is 2.72. The van der Waals surface area contributed by atoms with Crippen LogP contribution in [0.4, 0.5) is 4.39 Å². The Morgan fingerprint density at radius 2 is 1.67 bits per heavy atom. The van der Waals surface area contributed by atoms with E-state index in [1.54, 1.807) is 30.5 Å². The van der Waals surface area contributed by atoms with Crippen molar-refractivity contribution in [3.05, 3.63) is 93.3 Å². The van der Waals surface area contributed by atoms with Crippen molar-refractivity contribution in [3.8, 4) is 22.3 Å². The minimum Gasteiger partial charge on any atom is -0.267 e. The van der Waals surface area contributed by atoms with Gasteiger partial charge in [0.25, 0.3) is 5.56 Å². The molecule has 0 bridgehead atoms. The molecule has 0 saturated carbocycles. The molecule has 30 heavy (non-hydrogen) atoms. The van der Waals surface area contributed by atoms with E-state index in [4.69, 9.17) is 0 Å². The van der Waals surface area contributed by atoms with Crippen LogP contribution in [0.25, 0.3) is 22.3 Å². The lowest BCUT2D eigenvalue weighted by Crippen LogP contribution is -2.25. The van der Waals surface area contributed by atoms with Gasteiger partial charge in [-0.15, -0.1) is 0 Å². The summed E-state index contributed by atoms with van der Waals surface area (Å²) < 4.78 is 38.3. The summed E-state index contributed by atoms with van der Waals surface area (Å²) >= 11 is 1.54. The van der Waals surface area contributed by atoms with E-state index in [0.717, 1.165) is 11.8 Å². The monoisotopic (exact) mass is 440 g/mol. The van der Waals surface area contributed by atoms with Gasteiger partial charge in [-0.25, -0.2) is 17.5 Å². The number of nitrogens with zero attached hydrogens (tertiary/aromatic N) is 2. The quantitative estimate of drug-likeness (QED) is 0.466. The molecule has 8 heteroatoms. The van der Waals surface area contributed by atoms with Crippen molar-refractivity contribution in [2.75, 3.05) is 6.26 Å². The number of thiophene rings is 1. The molecule has 2 heterocycles. The molecule has 0 saturated heterocycles. The van der Waals surface area contributed by atoms with Crippen LogP contribution in [0.5, 0.6) is 0 Å². The molecule has 0 spiro atoms. The maximum absolute atomic E-state index is 13.5. The number of aromatic nitrogens is 2. The molecule has 2 aromatic heterocycles. The van der Waals surface area contributed by atoms with Gasteiger partial charge in [0, 0.05) is 11.8 Å². The summed E-state index contributed by atoms with van der Waals surface area (Å²) in [5.74, 6) is -0.398. The number of halogens is 1. The fraction of sp³-hybridized carbons (Fsp3) is 0.0909. The van der Waals surface area contributed by atoms with Crippen LogP contribution in [0.3, 0.4) is 0 Å². The van der Waals surface area contributed by atoms with E-state index in [2.05, 4.69) is 5.10 Å². The first-order valence-corrected chi connectivity index (χ1v) is 11.8. The molecule has 2 aromatic carbocycles. The Bertz CT molecular complexity index is 1340. The zero-order chi connectivity index (χ0) is 21.3. The average Bonchev–Trinajstić information content (AvgIpc) is 3.23. The number of hydrogen-bond donors (Lipinski definition) is 0. The van der Waals surface area contributed by atoms with Crippen LogP contribution in [0.15, 0.2) is 81.2 Å². The Morgan fingerprint density at radius 3 is 2.27 bits per heavy atom. The Hall–Kier alpha value is -3.10. The average molecular weight is 441 g/mol. The maximum Gasteiger partial charge on any atom is 0.275 e. The summed E-state index contributed by atoms with van der Waals surface area (Å²) in [5, 5.41) is 8.20. The van der Waals surface area contributed by atoms with E-state index in [-0.39, 0.29) is 10.5 Å². The second-order valence-corrected chi connectivity index (χ2v) is 9.63. The van der Waals surface area contributed by atoms with Crippen molar-refractivity contribution in [2.45, 2.75) is 11.4 Å². The molecule has 152 valence electrons. The highest BCUT2D eigenvalue weighted by Crippen LogP contribution is 2.29. The van der Waals surface area contributed by atoms with Crippen LogP contribution in [0.2, 0.25) is 0 Å². The van der Waals surface area contributed by atoms with Crippen LogP contribution in [0, 0.1) is 5.82 Å². The molecule has 4 rings (SSSR count). The Kier molecular flexibility index (Phi) is 5.36. The maximum atomic E-state index is 13.5. The topological polar surface area (TPSA) is 69.0 Å². The van der Waals surface area contributed by atoms with Crippen molar-refractivity contribution < 1.29 is 12.8 Å². The lowest BCUT2D eigenvalue weighted by Gasteiger charge is -2.13. The molecular formula is C22H17FN2O3S2. The number of sulfone groups is 1. The lowest BCUT2D eigenvalue weighted by atomic mass is 9.97. The van der Waals surface area contributed by atoms with Gasteiger partial charge in [0.05, 0.1) is 23.2 Å². The van der Waals surface area contributed by atoms with Gasteiger partial charge >= 0.3 is 0 Å². The van der Waals surface area contributed by atoms with Crippen LogP contribution >= 0.6 is 11.3 Å². The standard InChI is InChI=1S/C22H17FN2O3S2/c1-30(27,28)19-8-4-16(5-9-19)20-12-24-25(13-15-10-11-29-14-15)22(26)21(20)17-2-6-18(23)7-3-17/h2-12,14H,13H2,1H3. The smallest absolute Gasteiger partial charge is 0.267 e. The third kappa shape index (κ3) is 4.10. The molecule has 0 aliphatic rings. The van der Waals surface area contributed by atoms with Gasteiger partial charge < -0.3 is 0 Å². The third-order valence-corrected chi connectivity index (χ3v) is 6.54. The largest absolute Gasteiger partial charge is 0.275 e. The first kappa shape index (κ1) is 20.2. The number of benzene rings is 2. The van der Waals surface area contributed by atoms with Gasteiger partial charge in [-0.3, -0.25) is 4.79 Å².